The summed E-state index contributed by atoms with van der Waals surface area (Å²) in [6.07, 6.45) is 1.45. The molecule has 0 amide bonds. The number of aliphatic hydroxyl groups is 2. The second kappa shape index (κ2) is 28.5. The fourth-order valence-corrected chi connectivity index (χ4v) is 6.66. The molecule has 2 aliphatic rings. The van der Waals surface area contributed by atoms with E-state index in [4.69, 9.17) is 4.74 Å². The minimum atomic E-state index is -4.31. The highest BCUT2D eigenvalue weighted by molar-refractivity contribution is 5.96. The van der Waals surface area contributed by atoms with Gasteiger partial charge < -0.3 is 19.8 Å². The van der Waals surface area contributed by atoms with E-state index in [-0.39, 0.29) is 30.3 Å². The number of benzene rings is 4. The third kappa shape index (κ3) is 18.9. The normalized spacial score (nSPS) is 15.4. The molecule has 10 heteroatoms. The summed E-state index contributed by atoms with van der Waals surface area (Å²) >= 11 is 0. The Labute approximate surface area is 369 Å². The predicted molar refractivity (Wildman–Crippen MR) is 248 cm³/mol. The maximum atomic E-state index is 12.6. The molecule has 4 aromatic carbocycles. The second-order valence-electron chi connectivity index (χ2n) is 15.3. The van der Waals surface area contributed by atoms with Crippen molar-refractivity contribution in [2.24, 2.45) is 4.99 Å². The number of allylic oxidation sites excluding steroid dienone is 2. The summed E-state index contributed by atoms with van der Waals surface area (Å²) in [5.41, 5.74) is 3.45. The second-order valence-corrected chi connectivity index (χ2v) is 15.3. The van der Waals surface area contributed by atoms with Crippen molar-refractivity contribution < 1.29 is 32.9 Å². The maximum absolute atomic E-state index is 12.6. The first-order valence-electron chi connectivity index (χ1n) is 21.9. The number of aliphatic imine (C=N–C) groups is 1. The number of ether oxygens (including phenoxy) is 1. The molecule has 62 heavy (non-hydrogen) atoms. The number of halogens is 3. The van der Waals surface area contributed by atoms with E-state index in [1.54, 1.807) is 11.8 Å². The van der Waals surface area contributed by atoms with Gasteiger partial charge >= 0.3 is 12.1 Å². The third-order valence-electron chi connectivity index (χ3n) is 10.1. The molecule has 2 N–H and O–H groups in total. The van der Waals surface area contributed by atoms with Gasteiger partial charge in [-0.25, -0.2) is 0 Å². The number of nitrogens with zero attached hydrogens (tertiary/aromatic N) is 3. The first kappa shape index (κ1) is 53.1. The number of rotatable bonds is 12. The summed E-state index contributed by atoms with van der Waals surface area (Å²) in [6.45, 7) is 20.5. The standard InChI is InChI=1S/C14H11F3N2.C12H16O2.2C9H12O.C8H19N/c15-14(16,17)11-6-7-13-18-12(9-19(13)8-11)10-4-2-1-3-5-10;1-3-11(14-12(13)4-2)10-8-6-5-7-9-10;2*1-2-9(10)8-6-4-3-5-7-8;1-6-9(7(2)3)8(4)5/h1-8,12H,9H2;5-9,11H,3-4H2,1-2H3;2*3-7,9-10H,2H2,1H3;7-8H,6H2,1-5H3/t12-;;9-;;/m0.0../s1. The minimum absolute atomic E-state index is 0.0938. The molecule has 0 saturated carbocycles. The highest BCUT2D eigenvalue weighted by Gasteiger charge is 2.36. The molecule has 2 heterocycles. The first-order chi connectivity index (χ1) is 29.6. The summed E-state index contributed by atoms with van der Waals surface area (Å²) in [5, 5.41) is 18.7. The molecule has 0 fully saturated rings. The Morgan fingerprint density at radius 1 is 0.694 bits per heavy atom. The molecule has 0 bridgehead atoms. The van der Waals surface area contributed by atoms with Crippen LogP contribution in [0.3, 0.4) is 0 Å². The van der Waals surface area contributed by atoms with Gasteiger partial charge in [-0.2, -0.15) is 13.2 Å². The van der Waals surface area contributed by atoms with Crippen LogP contribution < -0.4 is 0 Å². The summed E-state index contributed by atoms with van der Waals surface area (Å²) in [5.74, 6) is 0.447. The smallest absolute Gasteiger partial charge is 0.417 e. The van der Waals surface area contributed by atoms with Gasteiger partial charge in [0.2, 0.25) is 0 Å². The number of esters is 1. The lowest BCUT2D eigenvalue weighted by molar-refractivity contribution is -0.149. The molecule has 2 unspecified atom stereocenters. The van der Waals surface area contributed by atoms with Gasteiger partial charge in [-0.05, 0) is 87.9 Å². The van der Waals surface area contributed by atoms with Crippen molar-refractivity contribution in [1.82, 2.24) is 9.80 Å². The molecular formula is C52H70F3N3O4. The van der Waals surface area contributed by atoms with Crippen LogP contribution >= 0.6 is 0 Å². The third-order valence-corrected chi connectivity index (χ3v) is 10.1. The SMILES string of the molecule is CCC(=O)OC(CC)c1ccccc1.CCC(O)c1ccccc1.CCN(C(C)C)C(C)C.CC[C@H](O)c1ccccc1.FC(F)(F)C1=CN2C[C@@H](c3ccccc3)N=C2C=C1. The number of fused-ring (bicyclic) bond motifs is 1. The van der Waals surface area contributed by atoms with Crippen LogP contribution in [0.2, 0.25) is 0 Å². The first-order valence-corrected chi connectivity index (χ1v) is 21.9. The van der Waals surface area contributed by atoms with Crippen molar-refractivity contribution >= 4 is 11.8 Å². The number of hydrogen-bond donors (Lipinski definition) is 2. The van der Waals surface area contributed by atoms with Gasteiger partial charge in [-0.15, -0.1) is 0 Å². The maximum Gasteiger partial charge on any atom is 0.417 e. The predicted octanol–water partition coefficient (Wildman–Crippen LogP) is 12.9. The zero-order valence-electron chi connectivity index (χ0n) is 38.2. The van der Waals surface area contributed by atoms with Crippen LogP contribution in [0.1, 0.15) is 135 Å². The zero-order chi connectivity index (χ0) is 46.1. The Hall–Kier alpha value is -5.03. The number of alkyl halides is 3. The fourth-order valence-electron chi connectivity index (χ4n) is 6.66. The fraction of sp³-hybridized carbons (Fsp3) is 0.423. The lowest BCUT2D eigenvalue weighted by atomic mass is 10.1. The van der Waals surface area contributed by atoms with E-state index >= 15 is 0 Å². The van der Waals surface area contributed by atoms with Gasteiger partial charge in [-0.3, -0.25) is 14.7 Å². The number of aliphatic hydroxyl groups excluding tert-OH is 2. The average Bonchev–Trinajstić information content (AvgIpc) is 3.73. The van der Waals surface area contributed by atoms with Gasteiger partial charge in [0.15, 0.2) is 0 Å². The Balaban J connectivity index is 0.000000276. The van der Waals surface area contributed by atoms with Crippen molar-refractivity contribution in [3.05, 3.63) is 168 Å². The van der Waals surface area contributed by atoms with Crippen molar-refractivity contribution in [2.75, 3.05) is 13.1 Å². The van der Waals surface area contributed by atoms with Crippen LogP contribution in [-0.2, 0) is 9.53 Å². The molecule has 2 aliphatic heterocycles. The van der Waals surface area contributed by atoms with Crippen molar-refractivity contribution in [1.29, 1.82) is 0 Å². The monoisotopic (exact) mass is 858 g/mol. The number of hydrogen-bond acceptors (Lipinski definition) is 7. The van der Waals surface area contributed by atoms with Crippen molar-refractivity contribution in [2.45, 2.75) is 131 Å². The topological polar surface area (TPSA) is 85.6 Å². The van der Waals surface area contributed by atoms with Crippen LogP contribution in [0.25, 0.3) is 0 Å². The Kier molecular flexibility index (Phi) is 24.5. The quantitative estimate of drug-likeness (QED) is 0.138. The molecule has 7 nitrogen and oxygen atoms in total. The number of amidine groups is 1. The van der Waals surface area contributed by atoms with Gasteiger partial charge in [-0.1, -0.05) is 156 Å². The van der Waals surface area contributed by atoms with Crippen LogP contribution in [0, 0.1) is 0 Å². The van der Waals surface area contributed by atoms with Crippen LogP contribution in [0.15, 0.2) is 150 Å². The summed E-state index contributed by atoms with van der Waals surface area (Å²) in [4.78, 5) is 19.6. The van der Waals surface area contributed by atoms with Crippen LogP contribution in [0.5, 0.6) is 0 Å². The van der Waals surface area contributed by atoms with Crippen molar-refractivity contribution in [3.8, 4) is 0 Å². The summed E-state index contributed by atoms with van der Waals surface area (Å²) < 4.78 is 43.2. The van der Waals surface area contributed by atoms with Crippen molar-refractivity contribution in [3.63, 3.8) is 0 Å². The molecule has 4 aromatic rings. The minimum Gasteiger partial charge on any atom is -0.457 e. The molecule has 0 aliphatic carbocycles. The summed E-state index contributed by atoms with van der Waals surface area (Å²) in [7, 11) is 0. The van der Waals surface area contributed by atoms with Crippen LogP contribution in [-0.4, -0.2) is 63.2 Å². The van der Waals surface area contributed by atoms with E-state index in [0.29, 0.717) is 30.9 Å². The lowest BCUT2D eigenvalue weighted by Gasteiger charge is -2.28. The van der Waals surface area contributed by atoms with Gasteiger partial charge in [0.25, 0.3) is 0 Å². The number of carbonyl (C=O) groups excluding carboxylic acids is 1. The molecule has 6 rings (SSSR count). The van der Waals surface area contributed by atoms with E-state index in [9.17, 15) is 28.2 Å². The van der Waals surface area contributed by atoms with E-state index in [1.165, 1.54) is 6.08 Å². The highest BCUT2D eigenvalue weighted by atomic mass is 19.4. The van der Waals surface area contributed by atoms with E-state index in [1.807, 2.05) is 142 Å². The molecular weight excluding hydrogens is 788 g/mol. The van der Waals surface area contributed by atoms with E-state index in [0.717, 1.165) is 60.3 Å². The Bertz CT molecular complexity index is 1830. The van der Waals surface area contributed by atoms with E-state index in [2.05, 4.69) is 44.5 Å². The Morgan fingerprint density at radius 2 is 1.13 bits per heavy atom. The zero-order valence-corrected chi connectivity index (χ0v) is 38.2. The van der Waals surface area contributed by atoms with Gasteiger partial charge in [0, 0.05) is 24.7 Å². The highest BCUT2D eigenvalue weighted by Crippen LogP contribution is 2.33. The van der Waals surface area contributed by atoms with Gasteiger partial charge in [0.05, 0.1) is 30.4 Å². The largest absolute Gasteiger partial charge is 0.457 e. The molecule has 0 radical (unpaired) electrons. The van der Waals surface area contributed by atoms with Gasteiger partial charge in [0.1, 0.15) is 11.9 Å². The average molecular weight is 858 g/mol. The molecule has 0 spiro atoms. The number of carbonyl (C=O) groups is 1. The van der Waals surface area contributed by atoms with E-state index < -0.39 is 11.7 Å². The molecule has 0 aromatic heterocycles. The lowest BCUT2D eigenvalue weighted by Crippen LogP contribution is -2.36. The van der Waals surface area contributed by atoms with Crippen LogP contribution in [0.4, 0.5) is 13.2 Å². The molecule has 338 valence electrons. The summed E-state index contributed by atoms with van der Waals surface area (Å²) in [6, 6.07) is 40.1. The Morgan fingerprint density at radius 3 is 1.48 bits per heavy atom. The molecule has 4 atom stereocenters. The molecule has 0 saturated heterocycles.